The molecule has 256 valence electrons. The highest BCUT2D eigenvalue weighted by atomic mass is 16.5. The van der Waals surface area contributed by atoms with Crippen LogP contribution in [0.25, 0.3) is 27.6 Å². The van der Waals surface area contributed by atoms with Crippen molar-refractivity contribution in [1.29, 1.82) is 0 Å². The molecule has 0 N–H and O–H groups in total. The first kappa shape index (κ1) is 32.5. The lowest BCUT2D eigenvalue weighted by atomic mass is 9.88. The van der Waals surface area contributed by atoms with E-state index in [1.165, 1.54) is 22.1 Å². The fraction of sp³-hybridized carbons (Fsp3) is 0.250. The van der Waals surface area contributed by atoms with E-state index in [9.17, 15) is 0 Å². The summed E-state index contributed by atoms with van der Waals surface area (Å²) in [7, 11) is 0. The van der Waals surface area contributed by atoms with Gasteiger partial charge in [-0.05, 0) is 82.5 Å². The van der Waals surface area contributed by atoms with E-state index in [1.807, 2.05) is 30.9 Å². The minimum absolute atomic E-state index is 0.00471. The third-order valence-corrected chi connectivity index (χ3v) is 9.95. The van der Waals surface area contributed by atoms with Crippen molar-refractivity contribution in [2.75, 3.05) is 16.5 Å². The van der Waals surface area contributed by atoms with Gasteiger partial charge in [-0.1, -0.05) is 78.8 Å². The van der Waals surface area contributed by atoms with E-state index in [1.54, 1.807) is 0 Å². The molecule has 7 heteroatoms. The topological polar surface area (TPSA) is 59.3 Å². The molecule has 0 unspecified atom stereocenters. The summed E-state index contributed by atoms with van der Waals surface area (Å²) in [6.45, 7) is 16.2. The number of para-hydroxylation sites is 1. The Morgan fingerprint density at radius 2 is 1.47 bits per heavy atom. The molecule has 5 heterocycles. The molecule has 0 spiro atoms. The third-order valence-electron chi connectivity index (χ3n) is 9.95. The highest BCUT2D eigenvalue weighted by Gasteiger charge is 2.31. The third kappa shape index (κ3) is 5.86. The molecule has 1 aliphatic heterocycles. The van der Waals surface area contributed by atoms with Crippen molar-refractivity contribution in [1.82, 2.24) is 19.5 Å². The summed E-state index contributed by atoms with van der Waals surface area (Å²) in [5.74, 6) is 4.14. The Hall–Kier alpha value is -5.69. The Kier molecular flexibility index (Phi) is 8.01. The molecular formula is C44H44N6O. The summed E-state index contributed by atoms with van der Waals surface area (Å²) >= 11 is 0. The fourth-order valence-corrected chi connectivity index (χ4v) is 7.09. The Bertz CT molecular complexity index is 2400. The van der Waals surface area contributed by atoms with Crippen LogP contribution in [-0.2, 0) is 5.41 Å². The number of benzene rings is 3. The van der Waals surface area contributed by atoms with Crippen LogP contribution in [0.15, 0.2) is 116 Å². The highest BCUT2D eigenvalue weighted by molar-refractivity contribution is 6.09. The van der Waals surface area contributed by atoms with Gasteiger partial charge in [0, 0.05) is 47.2 Å². The summed E-state index contributed by atoms with van der Waals surface area (Å²) in [6, 6.07) is 31.9. The summed E-state index contributed by atoms with van der Waals surface area (Å²) < 4.78 is 8.89. The number of anilines is 4. The monoisotopic (exact) mass is 672 g/mol. The van der Waals surface area contributed by atoms with Crippen LogP contribution < -0.4 is 14.5 Å². The lowest BCUT2D eigenvalue weighted by Gasteiger charge is -2.25. The molecule has 8 rings (SSSR count). The first-order valence-corrected chi connectivity index (χ1v) is 17.8. The van der Waals surface area contributed by atoms with Gasteiger partial charge in [-0.2, -0.15) is 0 Å². The number of hydrogen-bond donors (Lipinski definition) is 0. The van der Waals surface area contributed by atoms with Gasteiger partial charge in [-0.15, -0.1) is 0 Å². The van der Waals surface area contributed by atoms with Gasteiger partial charge >= 0.3 is 0 Å². The molecule has 0 atom stereocenters. The number of fused-ring (bicyclic) bond motifs is 4. The van der Waals surface area contributed by atoms with E-state index in [0.29, 0.717) is 18.5 Å². The second kappa shape index (κ2) is 12.6. The predicted octanol–water partition coefficient (Wildman–Crippen LogP) is 11.6. The molecule has 0 amide bonds. The zero-order chi connectivity index (χ0) is 35.4. The average Bonchev–Trinajstić information content (AvgIpc) is 3.67. The van der Waals surface area contributed by atoms with Gasteiger partial charge in [0.1, 0.15) is 29.8 Å². The lowest BCUT2D eigenvalue weighted by molar-refractivity contribution is 0.483. The van der Waals surface area contributed by atoms with Gasteiger partial charge in [-0.25, -0.2) is 9.97 Å². The zero-order valence-corrected chi connectivity index (χ0v) is 30.4. The standard InChI is InChI=1S/C44H44N6O/c1-28(2)30-21-37(29(3)4)43(47-25-30)49-27-48(39-18-19-45-26-41(39)49)32-11-10-12-33(23-32)51-34-15-16-36-35-13-8-9-14-38(35)50(40(36)24-34)42-22-31(17-20-46-42)44(5,6)7/h8-26,28-29H,27H2,1-7H3. The smallest absolute Gasteiger partial charge is 0.138 e. The molecule has 0 fully saturated rings. The van der Waals surface area contributed by atoms with E-state index in [2.05, 4.69) is 153 Å². The van der Waals surface area contributed by atoms with Crippen molar-refractivity contribution in [3.05, 3.63) is 132 Å². The van der Waals surface area contributed by atoms with Crippen molar-refractivity contribution in [2.45, 2.75) is 65.7 Å². The minimum Gasteiger partial charge on any atom is -0.457 e. The SMILES string of the molecule is CC(C)c1cnc(N2CN(c3cccc(Oc4ccc5c6ccccc6n(-c6cc(C(C)(C)C)ccn6)c5c4)c3)c3ccncc32)c(C(C)C)c1. The lowest BCUT2D eigenvalue weighted by Crippen LogP contribution is -2.25. The maximum atomic E-state index is 6.64. The van der Waals surface area contributed by atoms with E-state index in [0.717, 1.165) is 56.6 Å². The molecule has 4 aromatic heterocycles. The summed E-state index contributed by atoms with van der Waals surface area (Å²) in [5, 5.41) is 2.34. The Morgan fingerprint density at radius 1 is 0.667 bits per heavy atom. The number of aromatic nitrogens is 4. The van der Waals surface area contributed by atoms with Gasteiger partial charge in [0.15, 0.2) is 0 Å². The maximum Gasteiger partial charge on any atom is 0.138 e. The van der Waals surface area contributed by atoms with Crippen LogP contribution >= 0.6 is 0 Å². The normalized spacial score (nSPS) is 13.2. The second-order valence-corrected chi connectivity index (χ2v) is 15.1. The van der Waals surface area contributed by atoms with Gasteiger partial charge < -0.3 is 14.5 Å². The second-order valence-electron chi connectivity index (χ2n) is 15.1. The summed E-state index contributed by atoms with van der Waals surface area (Å²) in [6.07, 6.45) is 7.73. The molecule has 0 bridgehead atoms. The first-order valence-electron chi connectivity index (χ1n) is 17.8. The van der Waals surface area contributed by atoms with Crippen LogP contribution in [0.3, 0.4) is 0 Å². The number of hydrogen-bond acceptors (Lipinski definition) is 6. The molecule has 1 aliphatic rings. The van der Waals surface area contributed by atoms with Crippen molar-refractivity contribution >= 4 is 44.7 Å². The fourth-order valence-electron chi connectivity index (χ4n) is 7.09. The number of rotatable bonds is 7. The quantitative estimate of drug-likeness (QED) is 0.168. The van der Waals surface area contributed by atoms with Gasteiger partial charge in [0.2, 0.25) is 0 Å². The van der Waals surface area contributed by atoms with Crippen LogP contribution in [0.4, 0.5) is 22.9 Å². The van der Waals surface area contributed by atoms with E-state index in [4.69, 9.17) is 14.7 Å². The Labute approximate surface area is 300 Å². The molecule has 0 aliphatic carbocycles. The molecule has 0 saturated heterocycles. The van der Waals surface area contributed by atoms with Crippen LogP contribution in [0.2, 0.25) is 0 Å². The minimum atomic E-state index is 0.00471. The largest absolute Gasteiger partial charge is 0.457 e. The van der Waals surface area contributed by atoms with Gasteiger partial charge in [0.05, 0.1) is 28.6 Å². The summed E-state index contributed by atoms with van der Waals surface area (Å²) in [5.41, 5.74) is 9.06. The molecule has 3 aromatic carbocycles. The average molecular weight is 673 g/mol. The Balaban J connectivity index is 1.15. The van der Waals surface area contributed by atoms with Crippen molar-refractivity contribution in [2.24, 2.45) is 0 Å². The number of nitrogens with zero attached hydrogens (tertiary/aromatic N) is 6. The first-order chi connectivity index (χ1) is 24.6. The molecule has 7 aromatic rings. The Morgan fingerprint density at radius 3 is 2.27 bits per heavy atom. The predicted molar refractivity (Wildman–Crippen MR) is 210 cm³/mol. The maximum absolute atomic E-state index is 6.64. The molecule has 0 saturated carbocycles. The van der Waals surface area contributed by atoms with Crippen molar-refractivity contribution < 1.29 is 4.74 Å². The number of pyridine rings is 3. The summed E-state index contributed by atoms with van der Waals surface area (Å²) in [4.78, 5) is 19.0. The van der Waals surface area contributed by atoms with Crippen LogP contribution in [-0.4, -0.2) is 26.2 Å². The van der Waals surface area contributed by atoms with Gasteiger partial charge in [-0.3, -0.25) is 9.55 Å². The van der Waals surface area contributed by atoms with Crippen molar-refractivity contribution in [3.63, 3.8) is 0 Å². The van der Waals surface area contributed by atoms with Gasteiger partial charge in [0.25, 0.3) is 0 Å². The van der Waals surface area contributed by atoms with Crippen molar-refractivity contribution in [3.8, 4) is 17.3 Å². The molecular weight excluding hydrogens is 629 g/mol. The van der Waals surface area contributed by atoms with E-state index < -0.39 is 0 Å². The molecule has 0 radical (unpaired) electrons. The van der Waals surface area contributed by atoms with Crippen LogP contribution in [0, 0.1) is 0 Å². The number of ether oxygens (including phenoxy) is 1. The van der Waals surface area contributed by atoms with E-state index >= 15 is 0 Å². The van der Waals surface area contributed by atoms with E-state index in [-0.39, 0.29) is 5.41 Å². The molecule has 7 nitrogen and oxygen atoms in total. The molecule has 51 heavy (non-hydrogen) atoms. The van der Waals surface area contributed by atoms with Crippen LogP contribution in [0.1, 0.15) is 77.0 Å². The zero-order valence-electron chi connectivity index (χ0n) is 30.4. The highest BCUT2D eigenvalue weighted by Crippen LogP contribution is 2.46. The van der Waals surface area contributed by atoms with Crippen LogP contribution in [0.5, 0.6) is 11.5 Å².